The molecule has 0 aliphatic carbocycles. The lowest BCUT2D eigenvalue weighted by Gasteiger charge is -2.09. The van der Waals surface area contributed by atoms with Gasteiger partial charge in [-0.15, -0.1) is 0 Å². The highest BCUT2D eigenvalue weighted by atomic mass is 16.5. The molecule has 1 aromatic heterocycles. The summed E-state index contributed by atoms with van der Waals surface area (Å²) in [6.07, 6.45) is 1.36. The zero-order chi connectivity index (χ0) is 12.3. The van der Waals surface area contributed by atoms with Crippen molar-refractivity contribution in [3.63, 3.8) is 0 Å². The van der Waals surface area contributed by atoms with E-state index in [1.807, 2.05) is 0 Å². The molecule has 1 heterocycles. The lowest BCUT2D eigenvalue weighted by molar-refractivity contribution is 0.102. The number of nitrogens with one attached hydrogen (secondary N) is 1. The predicted octanol–water partition coefficient (Wildman–Crippen LogP) is 1.52. The van der Waals surface area contributed by atoms with Crippen LogP contribution in [0.15, 0.2) is 35.1 Å². The second-order valence-corrected chi connectivity index (χ2v) is 3.26. The van der Waals surface area contributed by atoms with Gasteiger partial charge in [0.2, 0.25) is 0 Å². The molecule has 88 valence electrons. The molecule has 0 spiro atoms. The van der Waals surface area contributed by atoms with E-state index in [4.69, 9.17) is 10.5 Å². The number of nitrogens with zero attached hydrogens (tertiary/aromatic N) is 1. The van der Waals surface area contributed by atoms with Gasteiger partial charge < -0.3 is 20.3 Å². The lowest BCUT2D eigenvalue weighted by atomic mass is 10.1. The Labute approximate surface area is 97.3 Å². The van der Waals surface area contributed by atoms with E-state index in [0.717, 1.165) is 0 Å². The molecule has 1 aromatic carbocycles. The molecule has 0 radical (unpaired) electrons. The first-order valence-electron chi connectivity index (χ1n) is 4.86. The van der Waals surface area contributed by atoms with Crippen LogP contribution in [0.25, 0.3) is 0 Å². The van der Waals surface area contributed by atoms with E-state index in [9.17, 15) is 4.79 Å². The Morgan fingerprint density at radius 3 is 2.94 bits per heavy atom. The Morgan fingerprint density at radius 2 is 2.29 bits per heavy atom. The van der Waals surface area contributed by atoms with Crippen LogP contribution < -0.4 is 15.8 Å². The van der Waals surface area contributed by atoms with Gasteiger partial charge in [-0.25, -0.2) is 0 Å². The summed E-state index contributed by atoms with van der Waals surface area (Å²) in [6, 6.07) is 6.53. The van der Waals surface area contributed by atoms with Crippen molar-refractivity contribution in [1.29, 1.82) is 0 Å². The molecule has 0 bridgehead atoms. The van der Waals surface area contributed by atoms with E-state index >= 15 is 0 Å². The minimum atomic E-state index is -0.395. The van der Waals surface area contributed by atoms with Gasteiger partial charge in [0, 0.05) is 11.8 Å². The monoisotopic (exact) mass is 233 g/mol. The zero-order valence-corrected chi connectivity index (χ0v) is 9.14. The van der Waals surface area contributed by atoms with Gasteiger partial charge in [0.1, 0.15) is 17.6 Å². The van der Waals surface area contributed by atoms with Crippen LogP contribution in [0.2, 0.25) is 0 Å². The molecule has 2 rings (SSSR count). The van der Waals surface area contributed by atoms with Crippen LogP contribution in [0.4, 0.5) is 11.5 Å². The first kappa shape index (κ1) is 11.0. The van der Waals surface area contributed by atoms with E-state index in [-0.39, 0.29) is 5.56 Å². The smallest absolute Gasteiger partial charge is 0.262 e. The van der Waals surface area contributed by atoms with Crippen molar-refractivity contribution in [2.45, 2.75) is 0 Å². The summed E-state index contributed by atoms with van der Waals surface area (Å²) in [6.45, 7) is 0. The van der Waals surface area contributed by atoms with E-state index in [2.05, 4.69) is 15.0 Å². The summed E-state index contributed by atoms with van der Waals surface area (Å²) in [4.78, 5) is 12.0. The summed E-state index contributed by atoms with van der Waals surface area (Å²) in [7, 11) is 1.47. The number of nitrogen functional groups attached to an aromatic ring is 1. The number of anilines is 2. The minimum Gasteiger partial charge on any atom is -0.496 e. The number of methoxy groups -OCH3 is 1. The Morgan fingerprint density at radius 1 is 1.47 bits per heavy atom. The van der Waals surface area contributed by atoms with E-state index < -0.39 is 5.91 Å². The Balaban J connectivity index is 2.30. The van der Waals surface area contributed by atoms with E-state index in [1.165, 1.54) is 19.4 Å². The first-order chi connectivity index (χ1) is 8.22. The quantitative estimate of drug-likeness (QED) is 0.784. The van der Waals surface area contributed by atoms with Crippen molar-refractivity contribution in [3.05, 3.63) is 36.1 Å². The fourth-order valence-electron chi connectivity index (χ4n) is 1.42. The molecule has 0 atom stereocenters. The highest BCUT2D eigenvalue weighted by molar-refractivity contribution is 6.09. The standard InChI is InChI=1S/C11H11N3O3/c1-16-8-4-2-3-7(12)10(8)11(15)13-9-5-6-17-14-9/h2-6H,12H2,1H3,(H,13,14,15). The third-order valence-electron chi connectivity index (χ3n) is 2.18. The number of amides is 1. The third kappa shape index (κ3) is 2.20. The molecule has 0 fully saturated rings. The number of rotatable bonds is 3. The third-order valence-corrected chi connectivity index (χ3v) is 2.18. The summed E-state index contributed by atoms with van der Waals surface area (Å²) < 4.78 is 9.69. The van der Waals surface area contributed by atoms with Crippen LogP contribution in [0.5, 0.6) is 5.75 Å². The minimum absolute atomic E-state index is 0.276. The van der Waals surface area contributed by atoms with Gasteiger partial charge in [-0.2, -0.15) is 0 Å². The van der Waals surface area contributed by atoms with Crippen molar-refractivity contribution >= 4 is 17.4 Å². The molecule has 17 heavy (non-hydrogen) atoms. The fraction of sp³-hybridized carbons (Fsp3) is 0.0909. The molecular weight excluding hydrogens is 222 g/mol. The Bertz CT molecular complexity index is 523. The highest BCUT2D eigenvalue weighted by Gasteiger charge is 2.16. The number of nitrogens with two attached hydrogens (primary N) is 1. The predicted molar refractivity (Wildman–Crippen MR) is 61.9 cm³/mol. The van der Waals surface area contributed by atoms with Crippen molar-refractivity contribution < 1.29 is 14.1 Å². The number of carbonyl (C=O) groups is 1. The lowest BCUT2D eigenvalue weighted by Crippen LogP contribution is -2.15. The maximum Gasteiger partial charge on any atom is 0.262 e. The van der Waals surface area contributed by atoms with Crippen molar-refractivity contribution in [3.8, 4) is 5.75 Å². The molecule has 6 heteroatoms. The van der Waals surface area contributed by atoms with Crippen LogP contribution >= 0.6 is 0 Å². The molecular formula is C11H11N3O3. The first-order valence-corrected chi connectivity index (χ1v) is 4.86. The number of ether oxygens (including phenoxy) is 1. The van der Waals surface area contributed by atoms with Crippen LogP contribution in [-0.2, 0) is 0 Å². The molecule has 0 aliphatic rings. The number of hydrogen-bond donors (Lipinski definition) is 2. The summed E-state index contributed by atoms with van der Waals surface area (Å²) in [5, 5.41) is 6.13. The second kappa shape index (κ2) is 4.56. The van der Waals surface area contributed by atoms with Gasteiger partial charge >= 0.3 is 0 Å². The normalized spacial score (nSPS) is 9.94. The fourth-order valence-corrected chi connectivity index (χ4v) is 1.42. The highest BCUT2D eigenvalue weighted by Crippen LogP contribution is 2.24. The van der Waals surface area contributed by atoms with E-state index in [1.54, 1.807) is 18.2 Å². The van der Waals surface area contributed by atoms with Crippen molar-refractivity contribution in [2.75, 3.05) is 18.2 Å². The molecule has 0 saturated carbocycles. The molecule has 2 aromatic rings. The van der Waals surface area contributed by atoms with Crippen LogP contribution in [0.1, 0.15) is 10.4 Å². The SMILES string of the molecule is COc1cccc(N)c1C(=O)Nc1ccon1. The Hall–Kier alpha value is -2.50. The van der Waals surface area contributed by atoms with Gasteiger partial charge in [0.25, 0.3) is 5.91 Å². The number of carbonyl (C=O) groups excluding carboxylic acids is 1. The maximum atomic E-state index is 12.0. The van der Waals surface area contributed by atoms with Gasteiger partial charge in [-0.05, 0) is 12.1 Å². The topological polar surface area (TPSA) is 90.4 Å². The van der Waals surface area contributed by atoms with Crippen LogP contribution in [0.3, 0.4) is 0 Å². The molecule has 1 amide bonds. The number of hydrogen-bond acceptors (Lipinski definition) is 5. The van der Waals surface area contributed by atoms with Crippen LogP contribution in [-0.4, -0.2) is 18.2 Å². The number of benzene rings is 1. The maximum absolute atomic E-state index is 12.0. The average Bonchev–Trinajstić information content (AvgIpc) is 2.81. The summed E-state index contributed by atoms with van der Waals surface area (Å²) in [5.41, 5.74) is 6.36. The largest absolute Gasteiger partial charge is 0.496 e. The molecule has 3 N–H and O–H groups in total. The number of aromatic nitrogens is 1. The molecule has 0 unspecified atom stereocenters. The van der Waals surface area contributed by atoms with Crippen molar-refractivity contribution in [1.82, 2.24) is 5.16 Å². The van der Waals surface area contributed by atoms with E-state index in [0.29, 0.717) is 17.3 Å². The van der Waals surface area contributed by atoms with Crippen LogP contribution in [0, 0.1) is 0 Å². The van der Waals surface area contributed by atoms with Gasteiger partial charge in [0.15, 0.2) is 5.82 Å². The van der Waals surface area contributed by atoms with Gasteiger partial charge in [0.05, 0.1) is 7.11 Å². The van der Waals surface area contributed by atoms with Crippen molar-refractivity contribution in [2.24, 2.45) is 0 Å². The second-order valence-electron chi connectivity index (χ2n) is 3.26. The molecule has 0 saturated heterocycles. The summed E-state index contributed by atoms with van der Waals surface area (Å²) >= 11 is 0. The zero-order valence-electron chi connectivity index (χ0n) is 9.14. The molecule has 6 nitrogen and oxygen atoms in total. The molecule has 0 aliphatic heterocycles. The van der Waals surface area contributed by atoms with Gasteiger partial charge in [-0.1, -0.05) is 11.2 Å². The summed E-state index contributed by atoms with van der Waals surface area (Å²) in [5.74, 6) is 0.333. The Kier molecular flexibility index (Phi) is 2.95. The average molecular weight is 233 g/mol. The van der Waals surface area contributed by atoms with Gasteiger partial charge in [-0.3, -0.25) is 4.79 Å².